The molecule has 5 heteroatoms. The summed E-state index contributed by atoms with van der Waals surface area (Å²) in [5.41, 5.74) is 1.89. The van der Waals surface area contributed by atoms with Crippen LogP contribution in [-0.2, 0) is 14.9 Å². The Hall–Kier alpha value is -1.88. The smallest absolute Gasteiger partial charge is 0.251 e. The van der Waals surface area contributed by atoms with Gasteiger partial charge >= 0.3 is 0 Å². The Morgan fingerprint density at radius 2 is 1.78 bits per heavy atom. The molecule has 0 bridgehead atoms. The second-order valence-corrected chi connectivity index (χ2v) is 6.88. The molecule has 1 aliphatic rings. The first-order chi connectivity index (χ1) is 10.9. The van der Waals surface area contributed by atoms with E-state index in [0.717, 1.165) is 12.8 Å². The summed E-state index contributed by atoms with van der Waals surface area (Å²) in [6.07, 6.45) is 1.38. The predicted molar refractivity (Wildman–Crippen MR) is 89.5 cm³/mol. The summed E-state index contributed by atoms with van der Waals surface area (Å²) in [5, 5.41) is 5.59. The second-order valence-electron chi connectivity index (χ2n) is 6.88. The summed E-state index contributed by atoms with van der Waals surface area (Å²) < 4.78 is 5.30. The molecule has 0 radical (unpaired) electrons. The molecule has 0 saturated carbocycles. The van der Waals surface area contributed by atoms with Gasteiger partial charge in [0.05, 0.1) is 0 Å². The highest BCUT2D eigenvalue weighted by Gasteiger charge is 2.22. The molecule has 0 aromatic heterocycles. The SMILES string of the molecule is CC(C)(C)c1ccc(C(=O)NCCNC(=O)C2CCCO2)cc1. The van der Waals surface area contributed by atoms with E-state index in [2.05, 4.69) is 31.4 Å². The van der Waals surface area contributed by atoms with E-state index in [1.165, 1.54) is 5.56 Å². The van der Waals surface area contributed by atoms with Crippen molar-refractivity contribution in [2.24, 2.45) is 0 Å². The van der Waals surface area contributed by atoms with E-state index in [0.29, 0.717) is 25.3 Å². The Morgan fingerprint density at radius 3 is 2.35 bits per heavy atom. The highest BCUT2D eigenvalue weighted by Crippen LogP contribution is 2.22. The van der Waals surface area contributed by atoms with Crippen LogP contribution in [-0.4, -0.2) is 37.6 Å². The number of hydrogen-bond donors (Lipinski definition) is 2. The largest absolute Gasteiger partial charge is 0.368 e. The van der Waals surface area contributed by atoms with E-state index in [1.807, 2.05) is 24.3 Å². The molecule has 2 amide bonds. The van der Waals surface area contributed by atoms with Gasteiger partial charge in [-0.3, -0.25) is 9.59 Å². The molecule has 2 rings (SSSR count). The monoisotopic (exact) mass is 318 g/mol. The van der Waals surface area contributed by atoms with Gasteiger partial charge in [-0.05, 0) is 36.0 Å². The number of hydrogen-bond acceptors (Lipinski definition) is 3. The van der Waals surface area contributed by atoms with Crippen molar-refractivity contribution >= 4 is 11.8 Å². The zero-order chi connectivity index (χ0) is 16.9. The van der Waals surface area contributed by atoms with Gasteiger partial charge in [-0.2, -0.15) is 0 Å². The standard InChI is InChI=1S/C18H26N2O3/c1-18(2,3)14-8-6-13(7-9-14)16(21)19-10-11-20-17(22)15-5-4-12-23-15/h6-9,15H,4-5,10-12H2,1-3H3,(H,19,21)(H,20,22). The molecule has 1 unspecified atom stereocenters. The Bertz CT molecular complexity index is 540. The first-order valence-corrected chi connectivity index (χ1v) is 8.16. The minimum absolute atomic E-state index is 0.0710. The summed E-state index contributed by atoms with van der Waals surface area (Å²) >= 11 is 0. The van der Waals surface area contributed by atoms with Crippen molar-refractivity contribution in [3.8, 4) is 0 Å². The van der Waals surface area contributed by atoms with Crippen molar-refractivity contribution in [3.63, 3.8) is 0 Å². The van der Waals surface area contributed by atoms with Crippen molar-refractivity contribution in [1.82, 2.24) is 10.6 Å². The molecular weight excluding hydrogens is 292 g/mol. The molecule has 0 aliphatic carbocycles. The molecule has 5 nitrogen and oxygen atoms in total. The fourth-order valence-electron chi connectivity index (χ4n) is 2.48. The molecule has 2 N–H and O–H groups in total. The zero-order valence-electron chi connectivity index (χ0n) is 14.1. The molecular formula is C18H26N2O3. The van der Waals surface area contributed by atoms with Crippen molar-refractivity contribution in [3.05, 3.63) is 35.4 Å². The minimum Gasteiger partial charge on any atom is -0.368 e. The number of benzene rings is 1. The van der Waals surface area contributed by atoms with Crippen LogP contribution < -0.4 is 10.6 Å². The Labute approximate surface area is 137 Å². The lowest BCUT2D eigenvalue weighted by molar-refractivity contribution is -0.129. The number of carbonyl (C=O) groups excluding carboxylic acids is 2. The van der Waals surface area contributed by atoms with E-state index in [4.69, 9.17) is 4.74 Å². The molecule has 1 saturated heterocycles. The van der Waals surface area contributed by atoms with E-state index in [9.17, 15) is 9.59 Å². The summed E-state index contributed by atoms with van der Waals surface area (Å²) in [4.78, 5) is 23.8. The van der Waals surface area contributed by atoms with Gasteiger partial charge < -0.3 is 15.4 Å². The van der Waals surface area contributed by atoms with Crippen LogP contribution in [0.1, 0.15) is 49.5 Å². The quantitative estimate of drug-likeness (QED) is 0.816. The Kier molecular flexibility index (Phi) is 5.77. The third-order valence-corrected chi connectivity index (χ3v) is 3.95. The highest BCUT2D eigenvalue weighted by atomic mass is 16.5. The number of ether oxygens (including phenoxy) is 1. The maximum atomic E-state index is 12.1. The lowest BCUT2D eigenvalue weighted by Gasteiger charge is -2.19. The van der Waals surface area contributed by atoms with Crippen LogP contribution >= 0.6 is 0 Å². The fraction of sp³-hybridized carbons (Fsp3) is 0.556. The molecule has 1 aromatic rings. The molecule has 1 aromatic carbocycles. The van der Waals surface area contributed by atoms with E-state index >= 15 is 0 Å². The normalized spacial score (nSPS) is 17.8. The van der Waals surface area contributed by atoms with Crippen LogP contribution in [0.5, 0.6) is 0 Å². The molecule has 0 spiro atoms. The first-order valence-electron chi connectivity index (χ1n) is 8.16. The number of nitrogens with one attached hydrogen (secondary N) is 2. The summed E-state index contributed by atoms with van der Waals surface area (Å²) in [5.74, 6) is -0.219. The maximum Gasteiger partial charge on any atom is 0.251 e. The summed E-state index contributed by atoms with van der Waals surface area (Å²) in [7, 11) is 0. The van der Waals surface area contributed by atoms with Gasteiger partial charge in [0, 0.05) is 25.3 Å². The van der Waals surface area contributed by atoms with Gasteiger partial charge in [0.1, 0.15) is 6.10 Å². The van der Waals surface area contributed by atoms with Crippen LogP contribution in [0.2, 0.25) is 0 Å². The van der Waals surface area contributed by atoms with Crippen molar-refractivity contribution in [1.29, 1.82) is 0 Å². The van der Waals surface area contributed by atoms with Gasteiger partial charge in [-0.25, -0.2) is 0 Å². The maximum absolute atomic E-state index is 12.1. The predicted octanol–water partition coefficient (Wildman–Crippen LogP) is 2.01. The summed E-state index contributed by atoms with van der Waals surface area (Å²) in [6.45, 7) is 7.87. The van der Waals surface area contributed by atoms with E-state index in [-0.39, 0.29) is 23.3 Å². The lowest BCUT2D eigenvalue weighted by Crippen LogP contribution is -2.39. The fourth-order valence-corrected chi connectivity index (χ4v) is 2.48. The third kappa shape index (κ3) is 5.06. The molecule has 23 heavy (non-hydrogen) atoms. The van der Waals surface area contributed by atoms with Crippen LogP contribution in [0.3, 0.4) is 0 Å². The van der Waals surface area contributed by atoms with Gasteiger partial charge in [0.25, 0.3) is 5.91 Å². The second kappa shape index (κ2) is 7.59. The van der Waals surface area contributed by atoms with Gasteiger partial charge in [0.2, 0.25) is 5.91 Å². The van der Waals surface area contributed by atoms with E-state index < -0.39 is 0 Å². The summed E-state index contributed by atoms with van der Waals surface area (Å²) in [6, 6.07) is 7.63. The van der Waals surface area contributed by atoms with E-state index in [1.54, 1.807) is 0 Å². The van der Waals surface area contributed by atoms with Gasteiger partial charge in [-0.1, -0.05) is 32.9 Å². The number of carbonyl (C=O) groups is 2. The van der Waals surface area contributed by atoms with Crippen LogP contribution in [0.15, 0.2) is 24.3 Å². The van der Waals surface area contributed by atoms with Gasteiger partial charge in [-0.15, -0.1) is 0 Å². The molecule has 1 atom stereocenters. The van der Waals surface area contributed by atoms with Crippen LogP contribution in [0.25, 0.3) is 0 Å². The average Bonchev–Trinajstić information content (AvgIpc) is 3.05. The number of amides is 2. The Balaban J connectivity index is 1.73. The van der Waals surface area contributed by atoms with Crippen molar-refractivity contribution in [2.75, 3.05) is 19.7 Å². The van der Waals surface area contributed by atoms with Gasteiger partial charge in [0.15, 0.2) is 0 Å². The molecule has 1 fully saturated rings. The first kappa shape index (κ1) is 17.5. The topological polar surface area (TPSA) is 67.4 Å². The average molecular weight is 318 g/mol. The Morgan fingerprint density at radius 1 is 1.13 bits per heavy atom. The van der Waals surface area contributed by atoms with Crippen LogP contribution in [0, 0.1) is 0 Å². The minimum atomic E-state index is -0.323. The number of rotatable bonds is 5. The lowest BCUT2D eigenvalue weighted by atomic mass is 9.87. The van der Waals surface area contributed by atoms with Crippen molar-refractivity contribution in [2.45, 2.75) is 45.1 Å². The molecule has 1 heterocycles. The van der Waals surface area contributed by atoms with Crippen LogP contribution in [0.4, 0.5) is 0 Å². The highest BCUT2D eigenvalue weighted by molar-refractivity contribution is 5.94. The third-order valence-electron chi connectivity index (χ3n) is 3.95. The van der Waals surface area contributed by atoms with Crippen molar-refractivity contribution < 1.29 is 14.3 Å². The molecule has 1 aliphatic heterocycles. The molecule has 126 valence electrons. The zero-order valence-corrected chi connectivity index (χ0v) is 14.1.